The molecule has 7 heteroatoms. The predicted octanol–water partition coefficient (Wildman–Crippen LogP) is 4.95. The SMILES string of the molecule is Cc1cccc(C)c1NC(=O)CN1CCN(C(=O)c2csc(-c3ccc(C(C)C)cc3)n2)CC1. The first-order chi connectivity index (χ1) is 16.3. The maximum atomic E-state index is 13.0. The quantitative estimate of drug-likeness (QED) is 0.547. The van der Waals surface area contributed by atoms with Gasteiger partial charge in [-0.1, -0.05) is 56.3 Å². The number of carbonyl (C=O) groups is 2. The highest BCUT2D eigenvalue weighted by Crippen LogP contribution is 2.26. The average molecular weight is 477 g/mol. The van der Waals surface area contributed by atoms with E-state index in [9.17, 15) is 9.59 Å². The maximum absolute atomic E-state index is 13.0. The van der Waals surface area contributed by atoms with E-state index in [2.05, 4.69) is 53.3 Å². The monoisotopic (exact) mass is 476 g/mol. The molecule has 2 amide bonds. The number of aryl methyl sites for hydroxylation is 2. The van der Waals surface area contributed by atoms with Crippen LogP contribution < -0.4 is 5.32 Å². The fourth-order valence-electron chi connectivity index (χ4n) is 4.18. The van der Waals surface area contributed by atoms with Crippen molar-refractivity contribution in [2.45, 2.75) is 33.6 Å². The minimum atomic E-state index is -0.0408. The van der Waals surface area contributed by atoms with Gasteiger partial charge >= 0.3 is 0 Å². The first-order valence-electron chi connectivity index (χ1n) is 11.8. The molecule has 1 saturated heterocycles. The molecule has 0 atom stereocenters. The van der Waals surface area contributed by atoms with Crippen LogP contribution in [0.4, 0.5) is 5.69 Å². The minimum Gasteiger partial charge on any atom is -0.335 e. The normalized spacial score (nSPS) is 14.4. The van der Waals surface area contributed by atoms with E-state index >= 15 is 0 Å². The Balaban J connectivity index is 1.30. The van der Waals surface area contributed by atoms with Gasteiger partial charge in [-0.05, 0) is 36.5 Å². The van der Waals surface area contributed by atoms with Crippen molar-refractivity contribution in [3.8, 4) is 10.6 Å². The van der Waals surface area contributed by atoms with Gasteiger partial charge in [0.1, 0.15) is 10.7 Å². The second-order valence-corrected chi connectivity index (χ2v) is 10.1. The largest absolute Gasteiger partial charge is 0.335 e. The number of nitrogens with zero attached hydrogens (tertiary/aromatic N) is 3. The lowest BCUT2D eigenvalue weighted by Crippen LogP contribution is -2.50. The van der Waals surface area contributed by atoms with Crippen LogP contribution in [-0.2, 0) is 4.79 Å². The van der Waals surface area contributed by atoms with Crippen LogP contribution in [-0.4, -0.2) is 59.3 Å². The third-order valence-corrected chi connectivity index (χ3v) is 7.21. The zero-order valence-corrected chi connectivity index (χ0v) is 21.1. The van der Waals surface area contributed by atoms with Gasteiger partial charge < -0.3 is 10.2 Å². The van der Waals surface area contributed by atoms with Gasteiger partial charge in [0.25, 0.3) is 5.91 Å². The summed E-state index contributed by atoms with van der Waals surface area (Å²) in [6.45, 7) is 11.2. The fraction of sp³-hybridized carbons (Fsp3) is 0.370. The molecule has 1 fully saturated rings. The lowest BCUT2D eigenvalue weighted by atomic mass is 10.0. The molecule has 0 saturated carbocycles. The van der Waals surface area contributed by atoms with Gasteiger partial charge in [-0.3, -0.25) is 14.5 Å². The summed E-state index contributed by atoms with van der Waals surface area (Å²) in [5.74, 6) is 0.421. The molecule has 1 aromatic heterocycles. The standard InChI is InChI=1S/C27H32N4O2S/c1-18(2)21-8-10-22(11-9-21)26-28-23(17-34-26)27(33)31-14-12-30(13-15-31)16-24(32)29-25-19(3)6-5-7-20(25)4/h5-11,17-18H,12-16H2,1-4H3,(H,29,32). The molecule has 1 N–H and O–H groups in total. The summed E-state index contributed by atoms with van der Waals surface area (Å²) in [6.07, 6.45) is 0. The van der Waals surface area contributed by atoms with Crippen molar-refractivity contribution in [1.29, 1.82) is 0 Å². The van der Waals surface area contributed by atoms with Crippen molar-refractivity contribution < 1.29 is 9.59 Å². The lowest BCUT2D eigenvalue weighted by molar-refractivity contribution is -0.117. The number of amides is 2. The number of thiazole rings is 1. The first kappa shape index (κ1) is 24.1. The Labute approximate surface area is 205 Å². The third kappa shape index (κ3) is 5.54. The number of para-hydroxylation sites is 1. The Hall–Kier alpha value is -3.03. The van der Waals surface area contributed by atoms with E-state index in [1.165, 1.54) is 16.9 Å². The maximum Gasteiger partial charge on any atom is 0.273 e. The molecule has 4 rings (SSSR count). The van der Waals surface area contributed by atoms with Gasteiger partial charge in [-0.2, -0.15) is 0 Å². The summed E-state index contributed by atoms with van der Waals surface area (Å²) in [5, 5.41) is 5.75. The predicted molar refractivity (Wildman–Crippen MR) is 139 cm³/mol. The van der Waals surface area contributed by atoms with Crippen molar-refractivity contribution in [2.75, 3.05) is 38.0 Å². The highest BCUT2D eigenvalue weighted by atomic mass is 32.1. The summed E-state index contributed by atoms with van der Waals surface area (Å²) in [4.78, 5) is 34.1. The number of carbonyl (C=O) groups excluding carboxylic acids is 2. The Morgan fingerprint density at radius 2 is 1.65 bits per heavy atom. The van der Waals surface area contributed by atoms with Crippen LogP contribution in [0.15, 0.2) is 47.8 Å². The molecule has 34 heavy (non-hydrogen) atoms. The van der Waals surface area contributed by atoms with Crippen LogP contribution in [0.3, 0.4) is 0 Å². The lowest BCUT2D eigenvalue weighted by Gasteiger charge is -2.34. The Morgan fingerprint density at radius 3 is 2.26 bits per heavy atom. The van der Waals surface area contributed by atoms with Crippen LogP contribution in [0.25, 0.3) is 10.6 Å². The highest BCUT2D eigenvalue weighted by molar-refractivity contribution is 7.13. The van der Waals surface area contributed by atoms with Crippen molar-refractivity contribution in [2.24, 2.45) is 0 Å². The molecule has 2 heterocycles. The summed E-state index contributed by atoms with van der Waals surface area (Å²) >= 11 is 1.50. The van der Waals surface area contributed by atoms with Crippen LogP contribution >= 0.6 is 11.3 Å². The van der Waals surface area contributed by atoms with E-state index in [0.717, 1.165) is 27.4 Å². The molecule has 1 aliphatic heterocycles. The molecular formula is C27H32N4O2S. The van der Waals surface area contributed by atoms with E-state index in [4.69, 9.17) is 0 Å². The van der Waals surface area contributed by atoms with Crippen LogP contribution in [0, 0.1) is 13.8 Å². The zero-order chi connectivity index (χ0) is 24.2. The third-order valence-electron chi connectivity index (χ3n) is 6.32. The second kappa shape index (κ2) is 10.5. The molecule has 0 radical (unpaired) electrons. The fourth-order valence-corrected chi connectivity index (χ4v) is 4.98. The molecular weight excluding hydrogens is 444 g/mol. The average Bonchev–Trinajstić information content (AvgIpc) is 3.32. The van der Waals surface area contributed by atoms with Gasteiger partial charge in [0.05, 0.1) is 6.54 Å². The zero-order valence-electron chi connectivity index (χ0n) is 20.3. The number of hydrogen-bond acceptors (Lipinski definition) is 5. The van der Waals surface area contributed by atoms with E-state index in [0.29, 0.717) is 44.3 Å². The van der Waals surface area contributed by atoms with Gasteiger partial charge in [-0.15, -0.1) is 11.3 Å². The van der Waals surface area contributed by atoms with E-state index in [-0.39, 0.29) is 11.8 Å². The summed E-state index contributed by atoms with van der Waals surface area (Å²) in [6, 6.07) is 14.4. The Kier molecular flexibility index (Phi) is 7.44. The molecule has 0 bridgehead atoms. The highest BCUT2D eigenvalue weighted by Gasteiger charge is 2.25. The van der Waals surface area contributed by atoms with E-state index in [1.54, 1.807) is 0 Å². The van der Waals surface area contributed by atoms with Crippen LogP contribution in [0.5, 0.6) is 0 Å². The van der Waals surface area contributed by atoms with Crippen molar-refractivity contribution >= 4 is 28.8 Å². The number of aromatic nitrogens is 1. The first-order valence-corrected chi connectivity index (χ1v) is 12.6. The Morgan fingerprint density at radius 1 is 1.00 bits per heavy atom. The number of anilines is 1. The number of rotatable bonds is 6. The molecule has 0 aliphatic carbocycles. The number of nitrogens with one attached hydrogen (secondary N) is 1. The number of piperazine rings is 1. The van der Waals surface area contributed by atoms with Gasteiger partial charge in [-0.25, -0.2) is 4.98 Å². The van der Waals surface area contributed by atoms with Crippen LogP contribution in [0.2, 0.25) is 0 Å². The summed E-state index contributed by atoms with van der Waals surface area (Å²) in [5.41, 5.74) is 5.82. The minimum absolute atomic E-state index is 0.0233. The smallest absolute Gasteiger partial charge is 0.273 e. The number of hydrogen-bond donors (Lipinski definition) is 1. The Bertz CT molecular complexity index is 1140. The molecule has 178 valence electrons. The molecule has 3 aromatic rings. The van der Waals surface area contributed by atoms with Gasteiger partial charge in [0.15, 0.2) is 0 Å². The van der Waals surface area contributed by atoms with E-state index in [1.807, 2.05) is 42.3 Å². The molecule has 1 aliphatic rings. The van der Waals surface area contributed by atoms with E-state index < -0.39 is 0 Å². The second-order valence-electron chi connectivity index (χ2n) is 9.20. The molecule has 6 nitrogen and oxygen atoms in total. The van der Waals surface area contributed by atoms with Gasteiger partial charge in [0, 0.05) is 42.8 Å². The molecule has 0 spiro atoms. The van der Waals surface area contributed by atoms with Crippen molar-refractivity contribution in [1.82, 2.24) is 14.8 Å². The van der Waals surface area contributed by atoms with Gasteiger partial charge in [0.2, 0.25) is 5.91 Å². The van der Waals surface area contributed by atoms with Crippen molar-refractivity contribution in [3.05, 3.63) is 70.2 Å². The summed E-state index contributed by atoms with van der Waals surface area (Å²) < 4.78 is 0. The van der Waals surface area contributed by atoms with Crippen molar-refractivity contribution in [3.63, 3.8) is 0 Å². The summed E-state index contributed by atoms with van der Waals surface area (Å²) in [7, 11) is 0. The molecule has 0 unspecified atom stereocenters. The topological polar surface area (TPSA) is 65.5 Å². The number of benzene rings is 2. The van der Waals surface area contributed by atoms with Crippen LogP contribution in [0.1, 0.15) is 46.9 Å². The molecule has 2 aromatic carbocycles.